The van der Waals surface area contributed by atoms with Crippen LogP contribution in [-0.2, 0) is 4.74 Å². The Kier molecular flexibility index (Phi) is 4.05. The molecule has 2 unspecified atom stereocenters. The summed E-state index contributed by atoms with van der Waals surface area (Å²) in [5.74, 6) is 5.79. The molecule has 100 valence electrons. The number of ether oxygens (including phenoxy) is 1. The molecule has 1 saturated heterocycles. The Balaban J connectivity index is 2.31. The van der Waals surface area contributed by atoms with E-state index in [4.69, 9.17) is 10.6 Å². The highest BCUT2D eigenvalue weighted by Gasteiger charge is 2.37. The second-order valence-corrected chi connectivity index (χ2v) is 5.64. The standard InChI is InChI=1S/C15H24N2O/c1-11-8-12(2)10-13(9-11)14(17-16)15(3)6-4-5-7-18-15/h8-10,14,17H,4-7,16H2,1-3H3. The second kappa shape index (κ2) is 5.39. The lowest BCUT2D eigenvalue weighted by atomic mass is 9.83. The predicted molar refractivity (Wildman–Crippen MR) is 74.2 cm³/mol. The maximum Gasteiger partial charge on any atom is 0.0861 e. The van der Waals surface area contributed by atoms with Crippen LogP contribution in [0, 0.1) is 13.8 Å². The maximum atomic E-state index is 6.01. The molecule has 2 atom stereocenters. The highest BCUT2D eigenvalue weighted by atomic mass is 16.5. The van der Waals surface area contributed by atoms with Gasteiger partial charge in [-0.1, -0.05) is 29.3 Å². The molecular formula is C15H24N2O. The number of nitrogens with two attached hydrogens (primary N) is 1. The van der Waals surface area contributed by atoms with Crippen LogP contribution in [-0.4, -0.2) is 12.2 Å². The Labute approximate surface area is 110 Å². The summed E-state index contributed by atoms with van der Waals surface area (Å²) in [6.07, 6.45) is 3.41. The van der Waals surface area contributed by atoms with E-state index in [1.54, 1.807) is 0 Å². The summed E-state index contributed by atoms with van der Waals surface area (Å²) in [5.41, 5.74) is 6.51. The van der Waals surface area contributed by atoms with E-state index in [1.807, 2.05) is 0 Å². The molecule has 1 aliphatic heterocycles. The Morgan fingerprint density at radius 1 is 1.22 bits per heavy atom. The molecule has 1 fully saturated rings. The van der Waals surface area contributed by atoms with Crippen LogP contribution in [0.5, 0.6) is 0 Å². The summed E-state index contributed by atoms with van der Waals surface area (Å²) in [4.78, 5) is 0. The van der Waals surface area contributed by atoms with Crippen LogP contribution in [0.2, 0.25) is 0 Å². The first kappa shape index (κ1) is 13.5. The third-order valence-corrected chi connectivity index (χ3v) is 3.85. The first-order chi connectivity index (χ1) is 8.55. The Bertz CT molecular complexity index is 391. The third kappa shape index (κ3) is 2.74. The van der Waals surface area contributed by atoms with Crippen LogP contribution in [0.15, 0.2) is 18.2 Å². The van der Waals surface area contributed by atoms with E-state index in [0.717, 1.165) is 19.4 Å². The zero-order valence-corrected chi connectivity index (χ0v) is 11.6. The van der Waals surface area contributed by atoms with E-state index < -0.39 is 0 Å². The van der Waals surface area contributed by atoms with Crippen molar-refractivity contribution < 1.29 is 4.74 Å². The van der Waals surface area contributed by atoms with Gasteiger partial charge in [0.1, 0.15) is 0 Å². The lowest BCUT2D eigenvalue weighted by Gasteiger charge is -2.40. The van der Waals surface area contributed by atoms with Gasteiger partial charge in [-0.3, -0.25) is 11.3 Å². The third-order valence-electron chi connectivity index (χ3n) is 3.85. The van der Waals surface area contributed by atoms with Crippen molar-refractivity contribution in [2.45, 2.75) is 51.7 Å². The minimum absolute atomic E-state index is 0.0522. The molecule has 3 N–H and O–H groups in total. The van der Waals surface area contributed by atoms with E-state index in [9.17, 15) is 0 Å². The van der Waals surface area contributed by atoms with Crippen LogP contribution >= 0.6 is 0 Å². The van der Waals surface area contributed by atoms with Crippen LogP contribution in [0.25, 0.3) is 0 Å². The van der Waals surface area contributed by atoms with Gasteiger partial charge in [0.05, 0.1) is 11.6 Å². The van der Waals surface area contributed by atoms with E-state index in [-0.39, 0.29) is 11.6 Å². The number of nitrogens with one attached hydrogen (secondary N) is 1. The van der Waals surface area contributed by atoms with Crippen molar-refractivity contribution >= 4 is 0 Å². The quantitative estimate of drug-likeness (QED) is 0.638. The Hall–Kier alpha value is -0.900. The molecular weight excluding hydrogens is 224 g/mol. The number of hydrazine groups is 1. The van der Waals surface area contributed by atoms with Gasteiger partial charge in [-0.25, -0.2) is 0 Å². The predicted octanol–water partition coefficient (Wildman–Crippen LogP) is 2.77. The van der Waals surface area contributed by atoms with E-state index in [1.165, 1.54) is 23.1 Å². The smallest absolute Gasteiger partial charge is 0.0861 e. The van der Waals surface area contributed by atoms with Crippen LogP contribution in [0.1, 0.15) is 48.9 Å². The monoisotopic (exact) mass is 248 g/mol. The van der Waals surface area contributed by atoms with E-state index in [0.29, 0.717) is 0 Å². The molecule has 0 spiro atoms. The molecule has 0 bridgehead atoms. The maximum absolute atomic E-state index is 6.01. The number of benzene rings is 1. The topological polar surface area (TPSA) is 47.3 Å². The van der Waals surface area contributed by atoms with Gasteiger partial charge in [0.15, 0.2) is 0 Å². The molecule has 2 rings (SSSR count). The molecule has 18 heavy (non-hydrogen) atoms. The van der Waals surface area contributed by atoms with Crippen molar-refractivity contribution in [3.8, 4) is 0 Å². The normalized spacial score (nSPS) is 26.0. The number of hydrogen-bond acceptors (Lipinski definition) is 3. The van der Waals surface area contributed by atoms with Crippen LogP contribution in [0.3, 0.4) is 0 Å². The van der Waals surface area contributed by atoms with Crippen molar-refractivity contribution in [3.63, 3.8) is 0 Å². The van der Waals surface area contributed by atoms with Crippen molar-refractivity contribution in [1.82, 2.24) is 5.43 Å². The molecule has 0 amide bonds. The zero-order chi connectivity index (χ0) is 13.2. The largest absolute Gasteiger partial charge is 0.373 e. The number of hydrogen-bond donors (Lipinski definition) is 2. The molecule has 1 heterocycles. The highest BCUT2D eigenvalue weighted by molar-refractivity contribution is 5.32. The van der Waals surface area contributed by atoms with Crippen molar-refractivity contribution in [2.24, 2.45) is 5.84 Å². The van der Waals surface area contributed by atoms with Gasteiger partial charge in [-0.15, -0.1) is 0 Å². The summed E-state index contributed by atoms with van der Waals surface area (Å²) >= 11 is 0. The van der Waals surface area contributed by atoms with Crippen LogP contribution in [0.4, 0.5) is 0 Å². The van der Waals surface area contributed by atoms with Gasteiger partial charge < -0.3 is 4.74 Å². The van der Waals surface area contributed by atoms with E-state index >= 15 is 0 Å². The molecule has 0 aromatic heterocycles. The molecule has 0 radical (unpaired) electrons. The fraction of sp³-hybridized carbons (Fsp3) is 0.600. The van der Waals surface area contributed by atoms with Crippen molar-refractivity contribution in [2.75, 3.05) is 6.61 Å². The molecule has 3 heteroatoms. The number of rotatable bonds is 3. The average molecular weight is 248 g/mol. The molecule has 0 saturated carbocycles. The minimum atomic E-state index is -0.201. The Morgan fingerprint density at radius 2 is 1.89 bits per heavy atom. The minimum Gasteiger partial charge on any atom is -0.373 e. The van der Waals surface area contributed by atoms with Gasteiger partial charge in [0, 0.05) is 6.61 Å². The summed E-state index contributed by atoms with van der Waals surface area (Å²) in [7, 11) is 0. The SMILES string of the molecule is Cc1cc(C)cc(C(NN)C2(C)CCCCO2)c1. The summed E-state index contributed by atoms with van der Waals surface area (Å²) in [6, 6.07) is 6.62. The summed E-state index contributed by atoms with van der Waals surface area (Å²) < 4.78 is 6.01. The second-order valence-electron chi connectivity index (χ2n) is 5.64. The summed E-state index contributed by atoms with van der Waals surface area (Å²) in [5, 5.41) is 0. The fourth-order valence-electron chi connectivity index (χ4n) is 2.98. The molecule has 1 aromatic rings. The summed E-state index contributed by atoms with van der Waals surface area (Å²) in [6.45, 7) is 7.23. The highest BCUT2D eigenvalue weighted by Crippen LogP contribution is 2.36. The fourth-order valence-corrected chi connectivity index (χ4v) is 2.98. The lowest BCUT2D eigenvalue weighted by Crippen LogP contribution is -2.48. The van der Waals surface area contributed by atoms with Crippen LogP contribution < -0.4 is 11.3 Å². The number of aryl methyl sites for hydroxylation is 2. The molecule has 1 aliphatic rings. The van der Waals surface area contributed by atoms with Gasteiger partial charge in [0.25, 0.3) is 0 Å². The van der Waals surface area contributed by atoms with E-state index in [2.05, 4.69) is 44.4 Å². The molecule has 1 aromatic carbocycles. The Morgan fingerprint density at radius 3 is 2.39 bits per heavy atom. The molecule has 0 aliphatic carbocycles. The first-order valence-electron chi connectivity index (χ1n) is 6.73. The lowest BCUT2D eigenvalue weighted by molar-refractivity contribution is -0.0899. The van der Waals surface area contributed by atoms with Gasteiger partial charge in [-0.2, -0.15) is 0 Å². The first-order valence-corrected chi connectivity index (χ1v) is 6.73. The zero-order valence-electron chi connectivity index (χ0n) is 11.6. The van der Waals surface area contributed by atoms with Gasteiger partial charge in [-0.05, 0) is 45.6 Å². The average Bonchev–Trinajstić information content (AvgIpc) is 2.29. The van der Waals surface area contributed by atoms with Gasteiger partial charge >= 0.3 is 0 Å². The molecule has 3 nitrogen and oxygen atoms in total. The van der Waals surface area contributed by atoms with Gasteiger partial charge in [0.2, 0.25) is 0 Å². The van der Waals surface area contributed by atoms with Crippen molar-refractivity contribution in [1.29, 1.82) is 0 Å². The van der Waals surface area contributed by atoms with Crippen molar-refractivity contribution in [3.05, 3.63) is 34.9 Å².